The van der Waals surface area contributed by atoms with E-state index in [9.17, 15) is 9.59 Å². The lowest BCUT2D eigenvalue weighted by Gasteiger charge is -2.07. The van der Waals surface area contributed by atoms with Gasteiger partial charge in [0.05, 0.1) is 0 Å². The summed E-state index contributed by atoms with van der Waals surface area (Å²) in [5.74, 6) is 0. The molecule has 10 heteroatoms. The Morgan fingerprint density at radius 1 is 0.567 bits per heavy atom. The molecule has 0 saturated carbocycles. The third-order valence-corrected chi connectivity index (χ3v) is 1.41. The molecule has 4 nitrogen and oxygen atoms in total. The fraction of sp³-hybridized carbons (Fsp3) is 0.800. The molecule has 0 amide bonds. The maximum atomic E-state index is 10.7. The minimum atomic E-state index is -0.438. The highest BCUT2D eigenvalue weighted by atomic mass is 32.4. The molecule has 0 aliphatic heterocycles. The second-order valence-electron chi connectivity index (χ2n) is 4.74. The summed E-state index contributed by atoms with van der Waals surface area (Å²) in [6, 6.07) is 0. The van der Waals surface area contributed by atoms with Crippen molar-refractivity contribution in [2.75, 3.05) is 24.7 Å². The van der Waals surface area contributed by atoms with E-state index >= 15 is 0 Å². The third-order valence-electron chi connectivity index (χ3n) is 1.41. The number of rotatable bonds is 2. The molecule has 0 bridgehead atoms. The maximum absolute atomic E-state index is 10.7. The van der Waals surface area contributed by atoms with Crippen molar-refractivity contribution in [1.29, 1.82) is 0 Å². The molecular formula is C20H54N2O2P4S2. The van der Waals surface area contributed by atoms with Gasteiger partial charge in [-0.25, -0.2) is 0 Å². The van der Waals surface area contributed by atoms with Gasteiger partial charge in [-0.1, -0.05) is 119 Å². The van der Waals surface area contributed by atoms with Crippen LogP contribution in [0.3, 0.4) is 0 Å². The van der Waals surface area contributed by atoms with E-state index in [-0.39, 0.29) is 19.8 Å². The predicted octanol–water partition coefficient (Wildman–Crippen LogP) is 7.36. The predicted molar refractivity (Wildman–Crippen MR) is 169 cm³/mol. The van der Waals surface area contributed by atoms with Gasteiger partial charge >= 0.3 is 0 Å². The van der Waals surface area contributed by atoms with Gasteiger partial charge in [0.25, 0.3) is 10.9 Å². The maximum Gasteiger partial charge on any atom is 0.253 e. The molecule has 1 rings (SSSR count). The molecule has 0 aliphatic carbocycles. The first-order chi connectivity index (χ1) is 13.4. The zero-order chi connectivity index (χ0) is 24.6. The molecule has 2 atom stereocenters. The van der Waals surface area contributed by atoms with Crippen LogP contribution in [-0.2, 0) is 23.6 Å². The molecule has 1 aromatic carbocycles. The lowest BCUT2D eigenvalue weighted by atomic mass is 10.2. The van der Waals surface area contributed by atoms with Crippen LogP contribution >= 0.6 is 35.8 Å². The number of hydrogen-bond donors (Lipinski definition) is 2. The monoisotopic (exact) mass is 542 g/mol. The van der Waals surface area contributed by atoms with E-state index in [1.807, 2.05) is 13.8 Å². The van der Waals surface area contributed by atoms with Crippen molar-refractivity contribution >= 4 is 70.8 Å². The second-order valence-corrected chi connectivity index (χ2v) is 4.74. The Morgan fingerprint density at radius 2 is 0.667 bits per heavy atom. The highest BCUT2D eigenvalue weighted by Crippen LogP contribution is 2.10. The van der Waals surface area contributed by atoms with Crippen LogP contribution < -0.4 is 21.5 Å². The van der Waals surface area contributed by atoms with Crippen LogP contribution in [0.4, 0.5) is 11.4 Å². The lowest BCUT2D eigenvalue weighted by molar-refractivity contribution is 1.09. The number of nitrogens with one attached hydrogen (secondary N) is 2. The van der Waals surface area contributed by atoms with Crippen molar-refractivity contribution in [1.82, 2.24) is 0 Å². The molecule has 2 unspecified atom stereocenters. The van der Waals surface area contributed by atoms with Crippen molar-refractivity contribution < 1.29 is 0 Å². The van der Waals surface area contributed by atoms with Gasteiger partial charge in [-0.15, -0.1) is 0 Å². The van der Waals surface area contributed by atoms with E-state index < -0.39 is 10.9 Å². The van der Waals surface area contributed by atoms with E-state index in [0.29, 0.717) is 11.4 Å². The molecule has 0 saturated heterocycles. The topological polar surface area (TPSA) is 58.2 Å². The minimum Gasteiger partial charge on any atom is -0.383 e. The number of hydrogen-bond acceptors (Lipinski definition) is 6. The molecule has 0 heterocycles. The smallest absolute Gasteiger partial charge is 0.253 e. The van der Waals surface area contributed by atoms with Crippen molar-refractivity contribution in [3.05, 3.63) is 20.4 Å². The van der Waals surface area contributed by atoms with Crippen LogP contribution in [0.1, 0.15) is 94.9 Å². The van der Waals surface area contributed by atoms with Crippen LogP contribution in [0.15, 0.2) is 9.59 Å². The van der Waals surface area contributed by atoms with Gasteiger partial charge in [0.1, 0.15) is 11.4 Å². The van der Waals surface area contributed by atoms with Gasteiger partial charge in [-0.2, -0.15) is 19.8 Å². The first-order valence-corrected chi connectivity index (χ1v) is 13.2. The first-order valence-electron chi connectivity index (χ1n) is 9.97. The van der Waals surface area contributed by atoms with E-state index in [1.54, 1.807) is 14.1 Å². The first kappa shape index (κ1) is 57.5. The quantitative estimate of drug-likeness (QED) is 0.301. The van der Waals surface area contributed by atoms with Crippen LogP contribution in [0.5, 0.6) is 0 Å². The van der Waals surface area contributed by atoms with E-state index in [0.717, 1.165) is 0 Å². The molecule has 0 aliphatic rings. The Morgan fingerprint density at radius 3 is 0.733 bits per heavy atom. The van der Waals surface area contributed by atoms with Gasteiger partial charge in [-0.05, 0) is 16.0 Å². The highest BCUT2D eigenvalue weighted by molar-refractivity contribution is 7.89. The molecule has 0 aromatic heterocycles. The standard InChI is InChI=1S/C6H8N2O2.4C3H8.C2H6.2HPS.2H3P/c1-7-3-4(8-2)6(10)5(3)9;4*1-3-2;3*1-2;;/h7-8H,1-2H3;4*3H2,1-2H3;1-2H3;2*1H;2*1H3. The van der Waals surface area contributed by atoms with Gasteiger partial charge < -0.3 is 10.6 Å². The van der Waals surface area contributed by atoms with Crippen molar-refractivity contribution in [3.63, 3.8) is 0 Å². The highest BCUT2D eigenvalue weighted by Gasteiger charge is 2.17. The molecule has 1 aromatic rings. The fourth-order valence-corrected chi connectivity index (χ4v) is 0.869. The Hall–Kier alpha value is 0.580. The SMILES string of the molecule is CC.CCC.CCC.CCC.CCC.CNc1c(NC)c(=O)c1=O.P.P.P=S.P=S. The Balaban J connectivity index is -0.0000000271. The van der Waals surface area contributed by atoms with Crippen LogP contribution in [0, 0.1) is 0 Å². The minimum absolute atomic E-state index is 0. The second kappa shape index (κ2) is 70.0. The summed E-state index contributed by atoms with van der Waals surface area (Å²) in [7, 11) is 8.33. The summed E-state index contributed by atoms with van der Waals surface area (Å²) in [4.78, 5) is 21.3. The molecule has 30 heavy (non-hydrogen) atoms. The van der Waals surface area contributed by atoms with Crippen LogP contribution in [-0.4, -0.2) is 14.1 Å². The summed E-state index contributed by atoms with van der Waals surface area (Å²) < 4.78 is 0. The summed E-state index contributed by atoms with van der Waals surface area (Å²) in [6.07, 6.45) is 5.00. The average molecular weight is 543 g/mol. The van der Waals surface area contributed by atoms with Crippen LogP contribution in [0.2, 0.25) is 0 Å². The lowest BCUT2D eigenvalue weighted by Crippen LogP contribution is -2.35. The van der Waals surface area contributed by atoms with Gasteiger partial charge in [0.15, 0.2) is 0 Å². The molecule has 188 valence electrons. The molecule has 0 radical (unpaired) electrons. The van der Waals surface area contributed by atoms with Gasteiger partial charge in [0, 0.05) is 14.1 Å². The number of anilines is 2. The fourth-order valence-electron chi connectivity index (χ4n) is 0.869. The summed E-state index contributed by atoms with van der Waals surface area (Å²) >= 11 is 7.78. The van der Waals surface area contributed by atoms with Crippen molar-refractivity contribution in [2.45, 2.75) is 94.9 Å². The van der Waals surface area contributed by atoms with Crippen molar-refractivity contribution in [2.24, 2.45) is 0 Å². The Kier molecular flexibility index (Phi) is 134. The average Bonchev–Trinajstić information content (AvgIpc) is 2.72. The third kappa shape index (κ3) is 51.3. The van der Waals surface area contributed by atoms with E-state index in [1.165, 1.54) is 25.7 Å². The molecule has 0 fully saturated rings. The zero-order valence-electron chi connectivity index (χ0n) is 21.9. The zero-order valence-corrected chi connectivity index (χ0v) is 28.3. The normalized spacial score (nSPS) is 6.13. The van der Waals surface area contributed by atoms with E-state index in [2.05, 4.69) is 106 Å². The summed E-state index contributed by atoms with van der Waals surface area (Å²) in [5, 5.41) is 5.26. The molecular weight excluding hydrogens is 488 g/mol. The Labute approximate surface area is 210 Å². The largest absolute Gasteiger partial charge is 0.383 e. The summed E-state index contributed by atoms with van der Waals surface area (Å²) in [6.45, 7) is 21.0. The van der Waals surface area contributed by atoms with Crippen molar-refractivity contribution in [3.8, 4) is 0 Å². The van der Waals surface area contributed by atoms with Gasteiger partial charge in [-0.3, -0.25) is 9.59 Å². The molecule has 0 spiro atoms. The van der Waals surface area contributed by atoms with Gasteiger partial charge in [0.2, 0.25) is 0 Å². The Bertz CT molecular complexity index is 380. The molecule has 2 N–H and O–H groups in total. The van der Waals surface area contributed by atoms with E-state index in [4.69, 9.17) is 0 Å². The summed E-state index contributed by atoms with van der Waals surface area (Å²) in [5.41, 5.74) is -0.112. The van der Waals surface area contributed by atoms with Crippen LogP contribution in [0.25, 0.3) is 0 Å².